The second-order valence-corrected chi connectivity index (χ2v) is 8.21. The SMILES string of the molecule is CC(C)(C)OC(=O)c1ccc(Nc2nc(NCc3ccccc3)nc(OCC(F)(F)F)n2)cc1. The summed E-state index contributed by atoms with van der Waals surface area (Å²) >= 11 is 0. The van der Waals surface area contributed by atoms with Gasteiger partial charge in [0.2, 0.25) is 11.9 Å². The fraction of sp³-hybridized carbons (Fsp3) is 0.304. The molecule has 1 heterocycles. The number of hydrogen-bond donors (Lipinski definition) is 2. The Kier molecular flexibility index (Phi) is 7.54. The van der Waals surface area contributed by atoms with Gasteiger partial charge in [0.15, 0.2) is 6.61 Å². The van der Waals surface area contributed by atoms with Crippen molar-refractivity contribution < 1.29 is 27.4 Å². The normalized spacial score (nSPS) is 11.6. The van der Waals surface area contributed by atoms with Crippen LogP contribution in [-0.4, -0.2) is 39.3 Å². The number of carbonyl (C=O) groups excluding carboxylic acids is 1. The maximum Gasteiger partial charge on any atom is 0.422 e. The Labute approximate surface area is 194 Å². The number of aromatic nitrogens is 3. The smallest absolute Gasteiger partial charge is 0.422 e. The van der Waals surface area contributed by atoms with Crippen LogP contribution in [0.5, 0.6) is 6.01 Å². The summed E-state index contributed by atoms with van der Waals surface area (Å²) in [6.45, 7) is 4.10. The molecular formula is C23H24F3N5O3. The molecule has 0 aliphatic rings. The summed E-state index contributed by atoms with van der Waals surface area (Å²) < 4.78 is 47.8. The minimum absolute atomic E-state index is 0.0314. The third-order valence-electron chi connectivity index (χ3n) is 4.05. The van der Waals surface area contributed by atoms with Crippen LogP contribution in [0.15, 0.2) is 54.6 Å². The zero-order chi connectivity index (χ0) is 24.8. The van der Waals surface area contributed by atoms with Gasteiger partial charge in [-0.2, -0.15) is 28.1 Å². The molecule has 0 saturated heterocycles. The third kappa shape index (κ3) is 8.23. The molecule has 11 heteroatoms. The first kappa shape index (κ1) is 24.7. The number of alkyl halides is 3. The Balaban J connectivity index is 1.76. The number of ether oxygens (including phenoxy) is 2. The molecule has 0 unspecified atom stereocenters. The van der Waals surface area contributed by atoms with Crippen LogP contribution >= 0.6 is 0 Å². The number of nitrogens with one attached hydrogen (secondary N) is 2. The topological polar surface area (TPSA) is 98.3 Å². The molecular weight excluding hydrogens is 451 g/mol. The van der Waals surface area contributed by atoms with E-state index in [9.17, 15) is 18.0 Å². The summed E-state index contributed by atoms with van der Waals surface area (Å²) in [7, 11) is 0. The van der Waals surface area contributed by atoms with Crippen LogP contribution in [0.1, 0.15) is 36.7 Å². The number of benzene rings is 2. The lowest BCUT2D eigenvalue weighted by Crippen LogP contribution is -2.23. The van der Waals surface area contributed by atoms with Crippen LogP contribution in [-0.2, 0) is 11.3 Å². The molecule has 0 atom stereocenters. The monoisotopic (exact) mass is 475 g/mol. The van der Waals surface area contributed by atoms with Crippen molar-refractivity contribution in [3.05, 3.63) is 65.7 Å². The minimum Gasteiger partial charge on any atom is -0.456 e. The lowest BCUT2D eigenvalue weighted by Gasteiger charge is -2.19. The molecule has 0 fully saturated rings. The Morgan fingerprint density at radius 2 is 1.56 bits per heavy atom. The van der Waals surface area contributed by atoms with Crippen molar-refractivity contribution in [1.29, 1.82) is 0 Å². The van der Waals surface area contributed by atoms with Gasteiger partial charge in [-0.3, -0.25) is 0 Å². The van der Waals surface area contributed by atoms with Gasteiger partial charge in [0, 0.05) is 12.2 Å². The quantitative estimate of drug-likeness (QED) is 0.433. The van der Waals surface area contributed by atoms with Gasteiger partial charge in [-0.15, -0.1) is 0 Å². The van der Waals surface area contributed by atoms with E-state index in [-0.39, 0.29) is 11.9 Å². The number of carbonyl (C=O) groups is 1. The van der Waals surface area contributed by atoms with Gasteiger partial charge >= 0.3 is 18.2 Å². The first-order valence-corrected chi connectivity index (χ1v) is 10.3. The molecule has 180 valence electrons. The molecule has 2 aromatic carbocycles. The highest BCUT2D eigenvalue weighted by atomic mass is 19.4. The fourth-order valence-electron chi connectivity index (χ4n) is 2.64. The minimum atomic E-state index is -4.55. The third-order valence-corrected chi connectivity index (χ3v) is 4.05. The number of rotatable bonds is 8. The molecule has 2 N–H and O–H groups in total. The predicted molar refractivity (Wildman–Crippen MR) is 120 cm³/mol. The maximum absolute atomic E-state index is 12.6. The van der Waals surface area contributed by atoms with E-state index in [4.69, 9.17) is 9.47 Å². The number of anilines is 3. The number of halogens is 3. The molecule has 1 aromatic heterocycles. The van der Waals surface area contributed by atoms with Crippen molar-refractivity contribution in [3.8, 4) is 6.01 Å². The van der Waals surface area contributed by atoms with E-state index >= 15 is 0 Å². The van der Waals surface area contributed by atoms with E-state index in [2.05, 4.69) is 25.6 Å². The zero-order valence-corrected chi connectivity index (χ0v) is 18.8. The van der Waals surface area contributed by atoms with Crippen molar-refractivity contribution in [3.63, 3.8) is 0 Å². The van der Waals surface area contributed by atoms with E-state index < -0.39 is 30.4 Å². The lowest BCUT2D eigenvalue weighted by molar-refractivity contribution is -0.154. The van der Waals surface area contributed by atoms with Gasteiger partial charge in [0.25, 0.3) is 0 Å². The van der Waals surface area contributed by atoms with Crippen LogP contribution in [0, 0.1) is 0 Å². The zero-order valence-electron chi connectivity index (χ0n) is 18.8. The van der Waals surface area contributed by atoms with Crippen LogP contribution in [0.25, 0.3) is 0 Å². The Morgan fingerprint density at radius 3 is 2.18 bits per heavy atom. The van der Waals surface area contributed by atoms with Gasteiger partial charge in [-0.25, -0.2) is 4.79 Å². The van der Waals surface area contributed by atoms with Crippen molar-refractivity contribution in [1.82, 2.24) is 15.0 Å². The van der Waals surface area contributed by atoms with Gasteiger partial charge < -0.3 is 20.1 Å². The van der Waals surface area contributed by atoms with Crippen molar-refractivity contribution in [2.75, 3.05) is 17.2 Å². The van der Waals surface area contributed by atoms with Crippen LogP contribution in [0.3, 0.4) is 0 Å². The highest BCUT2D eigenvalue weighted by Gasteiger charge is 2.29. The molecule has 0 aliphatic carbocycles. The van der Waals surface area contributed by atoms with Crippen LogP contribution in [0.2, 0.25) is 0 Å². The van der Waals surface area contributed by atoms with E-state index in [1.165, 1.54) is 0 Å². The molecule has 0 amide bonds. The molecule has 3 aromatic rings. The Bertz CT molecular complexity index is 1100. The molecule has 0 aliphatic heterocycles. The van der Waals surface area contributed by atoms with Gasteiger partial charge in [0.05, 0.1) is 5.56 Å². The summed E-state index contributed by atoms with van der Waals surface area (Å²) in [5, 5.41) is 5.82. The second kappa shape index (κ2) is 10.4. The van der Waals surface area contributed by atoms with Crippen LogP contribution in [0.4, 0.5) is 30.8 Å². The van der Waals surface area contributed by atoms with Crippen LogP contribution < -0.4 is 15.4 Å². The Morgan fingerprint density at radius 1 is 0.912 bits per heavy atom. The summed E-state index contributed by atoms with van der Waals surface area (Å²) in [5.41, 5.74) is 1.13. The van der Waals surface area contributed by atoms with E-state index in [0.717, 1.165) is 5.56 Å². The molecule has 0 spiro atoms. The Hall–Kier alpha value is -3.89. The van der Waals surface area contributed by atoms with Crippen molar-refractivity contribution >= 4 is 23.6 Å². The molecule has 0 saturated carbocycles. The highest BCUT2D eigenvalue weighted by molar-refractivity contribution is 5.90. The average molecular weight is 475 g/mol. The van der Waals surface area contributed by atoms with E-state index in [1.807, 2.05) is 30.3 Å². The van der Waals surface area contributed by atoms with E-state index in [0.29, 0.717) is 17.8 Å². The van der Waals surface area contributed by atoms with Gasteiger partial charge in [-0.05, 0) is 50.6 Å². The molecule has 8 nitrogen and oxygen atoms in total. The molecule has 0 bridgehead atoms. The summed E-state index contributed by atoms with van der Waals surface area (Å²) in [6, 6.07) is 15.1. The predicted octanol–water partition coefficient (Wildman–Crippen LogP) is 5.12. The highest BCUT2D eigenvalue weighted by Crippen LogP contribution is 2.21. The fourth-order valence-corrected chi connectivity index (χ4v) is 2.64. The van der Waals surface area contributed by atoms with E-state index in [1.54, 1.807) is 45.0 Å². The lowest BCUT2D eigenvalue weighted by atomic mass is 10.1. The average Bonchev–Trinajstić information content (AvgIpc) is 2.76. The molecule has 3 rings (SSSR count). The second-order valence-electron chi connectivity index (χ2n) is 8.21. The van der Waals surface area contributed by atoms with Gasteiger partial charge in [0.1, 0.15) is 5.60 Å². The first-order chi connectivity index (χ1) is 16.0. The molecule has 0 radical (unpaired) electrons. The summed E-state index contributed by atoms with van der Waals surface area (Å²) in [4.78, 5) is 24.2. The number of hydrogen-bond acceptors (Lipinski definition) is 8. The first-order valence-electron chi connectivity index (χ1n) is 10.3. The summed E-state index contributed by atoms with van der Waals surface area (Å²) in [6.07, 6.45) is -4.55. The summed E-state index contributed by atoms with van der Waals surface area (Å²) in [5.74, 6) is -0.480. The molecule has 34 heavy (non-hydrogen) atoms. The number of esters is 1. The largest absolute Gasteiger partial charge is 0.456 e. The standard InChI is InChI=1S/C23H24F3N5O3/c1-22(2,3)34-18(32)16-9-11-17(12-10-16)28-20-29-19(27-13-15-7-5-4-6-8-15)30-21(31-20)33-14-23(24,25)26/h4-12H,13-14H2,1-3H3,(H2,27,28,29,30,31). The number of nitrogens with zero attached hydrogens (tertiary/aromatic N) is 3. The maximum atomic E-state index is 12.6. The van der Waals surface area contributed by atoms with Crippen molar-refractivity contribution in [2.45, 2.75) is 39.1 Å². The van der Waals surface area contributed by atoms with Gasteiger partial charge in [-0.1, -0.05) is 30.3 Å². The van der Waals surface area contributed by atoms with Crippen molar-refractivity contribution in [2.24, 2.45) is 0 Å².